The molecule has 4 nitrogen and oxygen atoms in total. The standard InChI is InChI=1S/C18H14ClNO3/c1-3-10-22-18(13-5-7-14(19)8-6-13)15-11-12(2)4-9-16(15)20-17(21)23-18/h1,4-9,11H,10H2,2H3,(H,20,21). The van der Waals surface area contributed by atoms with Crippen LogP contribution in [0.25, 0.3) is 0 Å². The van der Waals surface area contributed by atoms with Gasteiger partial charge in [-0.05, 0) is 31.2 Å². The second-order valence-corrected chi connectivity index (χ2v) is 5.62. The highest BCUT2D eigenvalue weighted by molar-refractivity contribution is 6.30. The lowest BCUT2D eigenvalue weighted by molar-refractivity contribution is -0.171. The number of hydrogen-bond acceptors (Lipinski definition) is 3. The molecule has 1 unspecified atom stereocenters. The first-order valence-corrected chi connectivity index (χ1v) is 7.37. The fourth-order valence-electron chi connectivity index (χ4n) is 2.58. The summed E-state index contributed by atoms with van der Waals surface area (Å²) in [6.45, 7) is 1.94. The van der Waals surface area contributed by atoms with Gasteiger partial charge in [0.05, 0.1) is 11.3 Å². The van der Waals surface area contributed by atoms with Gasteiger partial charge in [-0.3, -0.25) is 5.32 Å². The topological polar surface area (TPSA) is 47.6 Å². The highest BCUT2D eigenvalue weighted by atomic mass is 35.5. The molecule has 0 bridgehead atoms. The molecular formula is C18H14ClNO3. The van der Waals surface area contributed by atoms with Gasteiger partial charge in [0, 0.05) is 10.6 Å². The number of benzene rings is 2. The fourth-order valence-corrected chi connectivity index (χ4v) is 2.70. The molecule has 0 saturated heterocycles. The van der Waals surface area contributed by atoms with Gasteiger partial charge in [-0.2, -0.15) is 0 Å². The number of aryl methyl sites for hydroxylation is 1. The van der Waals surface area contributed by atoms with E-state index in [-0.39, 0.29) is 6.61 Å². The molecule has 23 heavy (non-hydrogen) atoms. The summed E-state index contributed by atoms with van der Waals surface area (Å²) in [6, 6.07) is 12.5. The number of hydrogen-bond donors (Lipinski definition) is 1. The summed E-state index contributed by atoms with van der Waals surface area (Å²) < 4.78 is 11.4. The molecule has 0 aromatic heterocycles. The maximum Gasteiger partial charge on any atom is 0.414 e. The van der Waals surface area contributed by atoms with Crippen molar-refractivity contribution >= 4 is 23.4 Å². The quantitative estimate of drug-likeness (QED) is 0.865. The van der Waals surface area contributed by atoms with Crippen molar-refractivity contribution < 1.29 is 14.3 Å². The maximum atomic E-state index is 12.0. The van der Waals surface area contributed by atoms with E-state index in [0.717, 1.165) is 5.56 Å². The summed E-state index contributed by atoms with van der Waals surface area (Å²) in [7, 11) is 0. The second kappa shape index (κ2) is 5.96. The average Bonchev–Trinajstić information content (AvgIpc) is 2.54. The molecular weight excluding hydrogens is 314 g/mol. The van der Waals surface area contributed by atoms with Crippen LogP contribution in [0.3, 0.4) is 0 Å². The molecule has 1 aliphatic rings. The number of cyclic esters (lactones) is 1. The summed E-state index contributed by atoms with van der Waals surface area (Å²) in [6.07, 6.45) is 4.74. The molecule has 1 heterocycles. The first-order chi connectivity index (χ1) is 11.0. The zero-order chi connectivity index (χ0) is 16.4. The highest BCUT2D eigenvalue weighted by Gasteiger charge is 2.45. The largest absolute Gasteiger partial charge is 0.414 e. The van der Waals surface area contributed by atoms with Crippen molar-refractivity contribution in [3.8, 4) is 12.3 Å². The number of nitrogens with one attached hydrogen (secondary N) is 1. The Balaban J connectivity index is 2.23. The zero-order valence-corrected chi connectivity index (χ0v) is 13.2. The van der Waals surface area contributed by atoms with Crippen molar-refractivity contribution in [2.24, 2.45) is 0 Å². The van der Waals surface area contributed by atoms with E-state index in [1.54, 1.807) is 24.3 Å². The summed E-state index contributed by atoms with van der Waals surface area (Å²) in [5, 5.41) is 3.26. The summed E-state index contributed by atoms with van der Waals surface area (Å²) in [5.41, 5.74) is 2.96. The highest BCUT2D eigenvalue weighted by Crippen LogP contribution is 2.43. The molecule has 0 fully saturated rings. The molecule has 5 heteroatoms. The molecule has 1 aliphatic heterocycles. The van der Waals surface area contributed by atoms with Gasteiger partial charge in [-0.1, -0.05) is 41.3 Å². The Labute approximate surface area is 139 Å². The third-order valence-corrected chi connectivity index (χ3v) is 3.84. The van der Waals surface area contributed by atoms with Gasteiger partial charge >= 0.3 is 6.09 Å². The molecule has 0 spiro atoms. The Morgan fingerprint density at radius 3 is 2.74 bits per heavy atom. The van der Waals surface area contributed by atoms with Crippen LogP contribution in [0.4, 0.5) is 10.5 Å². The van der Waals surface area contributed by atoms with Crippen LogP contribution < -0.4 is 5.32 Å². The minimum atomic E-state index is -1.40. The molecule has 1 N–H and O–H groups in total. The zero-order valence-electron chi connectivity index (χ0n) is 12.4. The molecule has 1 amide bonds. The third kappa shape index (κ3) is 2.77. The fraction of sp³-hybridized carbons (Fsp3) is 0.167. The van der Waals surface area contributed by atoms with Crippen molar-refractivity contribution in [2.45, 2.75) is 12.7 Å². The van der Waals surface area contributed by atoms with Crippen LogP contribution in [0.2, 0.25) is 5.02 Å². The maximum absolute atomic E-state index is 12.0. The Hall–Kier alpha value is -2.48. The number of amides is 1. The number of carbonyl (C=O) groups excluding carboxylic acids is 1. The first kappa shape index (κ1) is 15.4. The van der Waals surface area contributed by atoms with E-state index in [1.807, 2.05) is 25.1 Å². The summed E-state index contributed by atoms with van der Waals surface area (Å²) in [4.78, 5) is 12.0. The van der Waals surface area contributed by atoms with Gasteiger partial charge in [0.15, 0.2) is 0 Å². The monoisotopic (exact) mass is 327 g/mol. The SMILES string of the molecule is C#CCOC1(c2ccc(Cl)cc2)OC(=O)Nc2ccc(C)cc21. The predicted molar refractivity (Wildman–Crippen MR) is 88.3 cm³/mol. The number of anilines is 1. The molecule has 0 aliphatic carbocycles. The summed E-state index contributed by atoms with van der Waals surface area (Å²) >= 11 is 5.96. The molecule has 2 aromatic carbocycles. The second-order valence-electron chi connectivity index (χ2n) is 5.18. The van der Waals surface area contributed by atoms with Crippen molar-refractivity contribution in [3.05, 3.63) is 64.2 Å². The van der Waals surface area contributed by atoms with Gasteiger partial charge in [0.1, 0.15) is 6.61 Å². The van der Waals surface area contributed by atoms with Crippen molar-refractivity contribution in [1.29, 1.82) is 0 Å². The van der Waals surface area contributed by atoms with E-state index >= 15 is 0 Å². The number of fused-ring (bicyclic) bond motifs is 1. The minimum absolute atomic E-state index is 0.0106. The van der Waals surface area contributed by atoms with E-state index in [2.05, 4.69) is 11.2 Å². The molecule has 1 atom stereocenters. The van der Waals surface area contributed by atoms with Gasteiger partial charge < -0.3 is 9.47 Å². The Kier molecular flexibility index (Phi) is 3.99. The lowest BCUT2D eigenvalue weighted by atomic mass is 9.93. The van der Waals surface area contributed by atoms with Crippen LogP contribution >= 0.6 is 11.6 Å². The van der Waals surface area contributed by atoms with Crippen molar-refractivity contribution in [3.63, 3.8) is 0 Å². The van der Waals surface area contributed by atoms with E-state index in [0.29, 0.717) is 21.8 Å². The lowest BCUT2D eigenvalue weighted by Gasteiger charge is -2.38. The lowest BCUT2D eigenvalue weighted by Crippen LogP contribution is -2.43. The van der Waals surface area contributed by atoms with E-state index in [4.69, 9.17) is 27.5 Å². The van der Waals surface area contributed by atoms with E-state index in [9.17, 15) is 4.79 Å². The number of terminal acetylenes is 1. The molecule has 0 radical (unpaired) electrons. The van der Waals surface area contributed by atoms with Crippen LogP contribution in [-0.4, -0.2) is 12.7 Å². The third-order valence-electron chi connectivity index (χ3n) is 3.59. The molecule has 116 valence electrons. The van der Waals surface area contributed by atoms with Crippen molar-refractivity contribution in [2.75, 3.05) is 11.9 Å². The predicted octanol–water partition coefficient (Wildman–Crippen LogP) is 4.06. The Morgan fingerprint density at radius 2 is 2.04 bits per heavy atom. The van der Waals surface area contributed by atoms with Gasteiger partial charge in [0.25, 0.3) is 5.79 Å². The average molecular weight is 328 g/mol. The molecule has 3 rings (SSSR count). The van der Waals surface area contributed by atoms with Gasteiger partial charge in [0.2, 0.25) is 0 Å². The van der Waals surface area contributed by atoms with Crippen LogP contribution in [-0.2, 0) is 15.3 Å². The van der Waals surface area contributed by atoms with E-state index in [1.165, 1.54) is 0 Å². The number of carbonyl (C=O) groups is 1. The molecule has 2 aromatic rings. The number of ether oxygens (including phenoxy) is 2. The van der Waals surface area contributed by atoms with Gasteiger partial charge in [-0.25, -0.2) is 4.79 Å². The van der Waals surface area contributed by atoms with Gasteiger partial charge in [-0.15, -0.1) is 6.42 Å². The van der Waals surface area contributed by atoms with E-state index < -0.39 is 11.9 Å². The summed E-state index contributed by atoms with van der Waals surface area (Å²) in [5.74, 6) is 1.02. The smallest absolute Gasteiger partial charge is 0.407 e. The van der Waals surface area contributed by atoms with Crippen LogP contribution in [0.1, 0.15) is 16.7 Å². The molecule has 0 saturated carbocycles. The number of halogens is 1. The minimum Gasteiger partial charge on any atom is -0.407 e. The van der Waals surface area contributed by atoms with Crippen molar-refractivity contribution in [1.82, 2.24) is 0 Å². The van der Waals surface area contributed by atoms with Crippen LogP contribution in [0.15, 0.2) is 42.5 Å². The number of rotatable bonds is 3. The Bertz CT molecular complexity index is 795. The normalized spacial score (nSPS) is 19.3. The first-order valence-electron chi connectivity index (χ1n) is 7.00. The van der Waals surface area contributed by atoms with Crippen LogP contribution in [0.5, 0.6) is 0 Å². The van der Waals surface area contributed by atoms with Crippen LogP contribution in [0, 0.1) is 19.3 Å². The Morgan fingerprint density at radius 1 is 1.30 bits per heavy atom.